The highest BCUT2D eigenvalue weighted by Crippen LogP contribution is 2.18. The lowest BCUT2D eigenvalue weighted by atomic mass is 10.3. The number of hydrogen-bond donors (Lipinski definition) is 0. The van der Waals surface area contributed by atoms with E-state index in [2.05, 4.69) is 0 Å². The molecule has 8 heteroatoms. The molecule has 0 aliphatic rings. The van der Waals surface area contributed by atoms with E-state index in [4.69, 9.17) is 9.47 Å². The van der Waals surface area contributed by atoms with Crippen molar-refractivity contribution in [2.45, 2.75) is 26.8 Å². The first-order chi connectivity index (χ1) is 10.3. The minimum Gasteiger partial charge on any atom is -0.465 e. The van der Waals surface area contributed by atoms with Crippen molar-refractivity contribution in [1.82, 2.24) is 4.90 Å². The van der Waals surface area contributed by atoms with Gasteiger partial charge in [-0.1, -0.05) is 0 Å². The first kappa shape index (κ1) is 17.4. The number of benzene rings is 1. The molecule has 0 aromatic heterocycles. The third-order valence-corrected chi connectivity index (χ3v) is 2.72. The topological polar surface area (TPSA) is 99.0 Å². The van der Waals surface area contributed by atoms with Crippen LogP contribution in [0.5, 0.6) is 5.75 Å². The minimum atomic E-state index is -0.725. The SMILES string of the molecule is CCOC(=O)CN(C(=O)Oc1ccc([N+](=O)[O-])cc1)C(C)C. The monoisotopic (exact) mass is 310 g/mol. The highest BCUT2D eigenvalue weighted by atomic mass is 16.6. The Hall–Kier alpha value is -2.64. The molecule has 8 nitrogen and oxygen atoms in total. The summed E-state index contributed by atoms with van der Waals surface area (Å²) in [4.78, 5) is 34.8. The van der Waals surface area contributed by atoms with Crippen molar-refractivity contribution in [1.29, 1.82) is 0 Å². The summed E-state index contributed by atoms with van der Waals surface area (Å²) in [7, 11) is 0. The van der Waals surface area contributed by atoms with Gasteiger partial charge in [-0.2, -0.15) is 0 Å². The number of esters is 1. The first-order valence-electron chi connectivity index (χ1n) is 6.73. The maximum atomic E-state index is 12.1. The van der Waals surface area contributed by atoms with Gasteiger partial charge in [0.15, 0.2) is 0 Å². The number of non-ortho nitro benzene ring substituents is 1. The van der Waals surface area contributed by atoms with Crippen LogP contribution in [-0.2, 0) is 9.53 Å². The maximum absolute atomic E-state index is 12.1. The number of nitro groups is 1. The van der Waals surface area contributed by atoms with E-state index in [0.717, 1.165) is 0 Å². The second-order valence-corrected chi connectivity index (χ2v) is 4.65. The Balaban J connectivity index is 2.74. The van der Waals surface area contributed by atoms with Gasteiger partial charge in [-0.15, -0.1) is 0 Å². The summed E-state index contributed by atoms with van der Waals surface area (Å²) in [5.41, 5.74) is -0.105. The number of amides is 1. The Morgan fingerprint density at radius 2 is 1.86 bits per heavy atom. The number of hydrogen-bond acceptors (Lipinski definition) is 6. The lowest BCUT2D eigenvalue weighted by Gasteiger charge is -2.24. The molecule has 0 saturated heterocycles. The normalized spacial score (nSPS) is 10.2. The highest BCUT2D eigenvalue weighted by molar-refractivity contribution is 5.79. The van der Waals surface area contributed by atoms with Crippen molar-refractivity contribution in [3.8, 4) is 5.75 Å². The Labute approximate surface area is 127 Å². The van der Waals surface area contributed by atoms with Crippen molar-refractivity contribution < 1.29 is 24.0 Å². The number of rotatable bonds is 6. The molecule has 0 atom stereocenters. The maximum Gasteiger partial charge on any atom is 0.415 e. The Kier molecular flexibility index (Phi) is 6.30. The molecular formula is C14H18N2O6. The zero-order chi connectivity index (χ0) is 16.7. The summed E-state index contributed by atoms with van der Waals surface area (Å²) in [5, 5.41) is 10.6. The molecule has 0 aliphatic heterocycles. The Morgan fingerprint density at radius 3 is 2.32 bits per heavy atom. The van der Waals surface area contributed by atoms with Crippen molar-refractivity contribution in [2.75, 3.05) is 13.2 Å². The van der Waals surface area contributed by atoms with E-state index in [0.29, 0.717) is 0 Å². The number of nitrogens with zero attached hydrogens (tertiary/aromatic N) is 2. The minimum absolute atomic E-state index is 0.105. The van der Waals surface area contributed by atoms with Gasteiger partial charge < -0.3 is 9.47 Å². The largest absolute Gasteiger partial charge is 0.465 e. The van der Waals surface area contributed by atoms with E-state index in [1.165, 1.54) is 29.2 Å². The van der Waals surface area contributed by atoms with Crippen LogP contribution in [0, 0.1) is 10.1 Å². The lowest BCUT2D eigenvalue weighted by molar-refractivity contribution is -0.384. The molecular weight excluding hydrogens is 292 g/mol. The quantitative estimate of drug-likeness (QED) is 0.454. The lowest BCUT2D eigenvalue weighted by Crippen LogP contribution is -2.42. The van der Waals surface area contributed by atoms with Gasteiger partial charge in [-0.3, -0.25) is 19.8 Å². The highest BCUT2D eigenvalue weighted by Gasteiger charge is 2.23. The van der Waals surface area contributed by atoms with E-state index in [-0.39, 0.29) is 30.6 Å². The van der Waals surface area contributed by atoms with Gasteiger partial charge in [-0.05, 0) is 32.9 Å². The van der Waals surface area contributed by atoms with Gasteiger partial charge in [-0.25, -0.2) is 4.79 Å². The number of nitro benzene ring substituents is 1. The van der Waals surface area contributed by atoms with Gasteiger partial charge in [0, 0.05) is 18.2 Å². The van der Waals surface area contributed by atoms with E-state index < -0.39 is 17.0 Å². The fourth-order valence-corrected chi connectivity index (χ4v) is 1.60. The van der Waals surface area contributed by atoms with E-state index in [1.54, 1.807) is 20.8 Å². The van der Waals surface area contributed by atoms with Gasteiger partial charge >= 0.3 is 12.1 Å². The van der Waals surface area contributed by atoms with Crippen molar-refractivity contribution >= 4 is 17.7 Å². The Morgan fingerprint density at radius 1 is 1.27 bits per heavy atom. The molecule has 0 radical (unpaired) electrons. The molecule has 0 bridgehead atoms. The van der Waals surface area contributed by atoms with Crippen LogP contribution in [0.3, 0.4) is 0 Å². The van der Waals surface area contributed by atoms with Gasteiger partial charge in [0.05, 0.1) is 11.5 Å². The second-order valence-electron chi connectivity index (χ2n) is 4.65. The molecule has 0 unspecified atom stereocenters. The molecule has 0 spiro atoms. The third kappa shape index (κ3) is 5.04. The van der Waals surface area contributed by atoms with Crippen molar-refractivity contribution in [3.05, 3.63) is 34.4 Å². The van der Waals surface area contributed by atoms with Crippen LogP contribution in [0.1, 0.15) is 20.8 Å². The Bertz CT molecular complexity index is 541. The first-order valence-corrected chi connectivity index (χ1v) is 6.73. The van der Waals surface area contributed by atoms with Crippen LogP contribution < -0.4 is 4.74 Å². The van der Waals surface area contributed by atoms with Crippen molar-refractivity contribution in [3.63, 3.8) is 0 Å². The fraction of sp³-hybridized carbons (Fsp3) is 0.429. The van der Waals surface area contributed by atoms with Crippen LogP contribution in [-0.4, -0.2) is 41.1 Å². The molecule has 0 fully saturated rings. The summed E-state index contributed by atoms with van der Waals surface area (Å²) < 4.78 is 9.91. The van der Waals surface area contributed by atoms with Crippen molar-refractivity contribution in [2.24, 2.45) is 0 Å². The molecule has 0 heterocycles. The summed E-state index contributed by atoms with van der Waals surface area (Å²) in [6, 6.07) is 4.83. The average molecular weight is 310 g/mol. The standard InChI is InChI=1S/C14H18N2O6/c1-4-21-13(17)9-15(10(2)3)14(18)22-12-7-5-11(6-8-12)16(19)20/h5-8,10H,4,9H2,1-3H3. The fourth-order valence-electron chi connectivity index (χ4n) is 1.60. The number of carbonyl (C=O) groups excluding carboxylic acids is 2. The van der Waals surface area contributed by atoms with Gasteiger partial charge in [0.2, 0.25) is 0 Å². The smallest absolute Gasteiger partial charge is 0.415 e. The number of carbonyl (C=O) groups is 2. The van der Waals surface area contributed by atoms with Crippen LogP contribution >= 0.6 is 0 Å². The predicted octanol–water partition coefficient (Wildman–Crippen LogP) is 2.37. The van der Waals surface area contributed by atoms with Gasteiger partial charge in [0.25, 0.3) is 5.69 Å². The average Bonchev–Trinajstić information content (AvgIpc) is 2.45. The molecule has 1 rings (SSSR count). The second kappa shape index (κ2) is 7.96. The van der Waals surface area contributed by atoms with Crippen LogP contribution in [0.15, 0.2) is 24.3 Å². The summed E-state index contributed by atoms with van der Waals surface area (Å²) in [6.07, 6.45) is -0.725. The van der Waals surface area contributed by atoms with Crippen LogP contribution in [0.25, 0.3) is 0 Å². The van der Waals surface area contributed by atoms with E-state index in [1.807, 2.05) is 0 Å². The van der Waals surface area contributed by atoms with E-state index in [9.17, 15) is 19.7 Å². The molecule has 0 saturated carbocycles. The molecule has 1 aromatic carbocycles. The van der Waals surface area contributed by atoms with Gasteiger partial charge in [0.1, 0.15) is 12.3 Å². The van der Waals surface area contributed by atoms with Crippen LogP contribution in [0.4, 0.5) is 10.5 Å². The van der Waals surface area contributed by atoms with E-state index >= 15 is 0 Å². The summed E-state index contributed by atoms with van der Waals surface area (Å²) >= 11 is 0. The molecule has 120 valence electrons. The molecule has 1 aromatic rings. The summed E-state index contributed by atoms with van der Waals surface area (Å²) in [5.74, 6) is -0.373. The molecule has 0 N–H and O–H groups in total. The molecule has 0 aliphatic carbocycles. The zero-order valence-corrected chi connectivity index (χ0v) is 12.6. The summed E-state index contributed by atoms with van der Waals surface area (Å²) in [6.45, 7) is 5.14. The zero-order valence-electron chi connectivity index (χ0n) is 12.6. The van der Waals surface area contributed by atoms with Crippen LogP contribution in [0.2, 0.25) is 0 Å². The number of ether oxygens (including phenoxy) is 2. The third-order valence-electron chi connectivity index (χ3n) is 2.72. The predicted molar refractivity (Wildman–Crippen MR) is 77.6 cm³/mol. The molecule has 1 amide bonds. The molecule has 22 heavy (non-hydrogen) atoms.